The maximum atomic E-state index is 12.2. The van der Waals surface area contributed by atoms with E-state index in [0.717, 1.165) is 11.1 Å². The molecule has 0 fully saturated rings. The summed E-state index contributed by atoms with van der Waals surface area (Å²) < 4.78 is 11.0. The number of carbonyl (C=O) groups excluding carboxylic acids is 2. The minimum Gasteiger partial charge on any atom is -0.494 e. The number of rotatable bonds is 7. The first-order valence-corrected chi connectivity index (χ1v) is 10.4. The number of amides is 2. The van der Waals surface area contributed by atoms with Gasteiger partial charge in [0.15, 0.2) is 11.7 Å². The van der Waals surface area contributed by atoms with Crippen LogP contribution >= 0.6 is 12.2 Å². The molecule has 3 aromatic carbocycles. The van der Waals surface area contributed by atoms with E-state index < -0.39 is 11.8 Å². The molecule has 0 saturated carbocycles. The smallest absolute Gasteiger partial charge is 0.276 e. The van der Waals surface area contributed by atoms with E-state index in [1.807, 2.05) is 55.5 Å². The summed E-state index contributed by atoms with van der Waals surface area (Å²) in [5.74, 6) is 0.393. The quantitative estimate of drug-likeness (QED) is 0.378. The molecule has 0 aliphatic carbocycles. The number of nitrogens with one attached hydrogen (secondary N) is 3. The molecule has 7 nitrogen and oxygen atoms in total. The number of carbonyl (C=O) groups is 2. The van der Waals surface area contributed by atoms with Gasteiger partial charge in [0, 0.05) is 11.1 Å². The highest BCUT2D eigenvalue weighted by atomic mass is 32.1. The van der Waals surface area contributed by atoms with E-state index >= 15 is 0 Å². The Kier molecular flexibility index (Phi) is 8.16. The van der Waals surface area contributed by atoms with Crippen LogP contribution in [-0.2, 0) is 4.79 Å². The van der Waals surface area contributed by atoms with Gasteiger partial charge in [-0.05, 0) is 55.0 Å². The van der Waals surface area contributed by atoms with E-state index in [2.05, 4.69) is 16.2 Å². The summed E-state index contributed by atoms with van der Waals surface area (Å²) in [5.41, 5.74) is 7.17. The molecule has 0 aliphatic heterocycles. The lowest BCUT2D eigenvalue weighted by atomic mass is 10.1. The molecule has 0 aromatic heterocycles. The molecule has 164 valence electrons. The van der Waals surface area contributed by atoms with E-state index in [4.69, 9.17) is 21.7 Å². The summed E-state index contributed by atoms with van der Waals surface area (Å²) in [7, 11) is 0. The highest BCUT2D eigenvalue weighted by Crippen LogP contribution is 2.29. The predicted molar refractivity (Wildman–Crippen MR) is 126 cm³/mol. The molecule has 3 aromatic rings. The molecule has 3 N–H and O–H groups in total. The van der Waals surface area contributed by atoms with Gasteiger partial charge in [-0.1, -0.05) is 48.5 Å². The largest absolute Gasteiger partial charge is 0.494 e. The van der Waals surface area contributed by atoms with Gasteiger partial charge in [0.1, 0.15) is 11.5 Å². The number of thiocarbonyl (C=S) groups is 1. The molecule has 0 unspecified atom stereocenters. The molecule has 0 atom stereocenters. The van der Waals surface area contributed by atoms with Crippen LogP contribution in [0.3, 0.4) is 0 Å². The lowest BCUT2D eigenvalue weighted by molar-refractivity contribution is -0.123. The Morgan fingerprint density at radius 1 is 0.844 bits per heavy atom. The van der Waals surface area contributed by atoms with Crippen LogP contribution in [0.15, 0.2) is 78.9 Å². The van der Waals surface area contributed by atoms with Gasteiger partial charge in [-0.2, -0.15) is 0 Å². The summed E-state index contributed by atoms with van der Waals surface area (Å²) in [5, 5.41) is 2.45. The van der Waals surface area contributed by atoms with E-state index in [-0.39, 0.29) is 11.7 Å². The van der Waals surface area contributed by atoms with Crippen LogP contribution in [0.1, 0.15) is 17.3 Å². The Morgan fingerprint density at radius 3 is 2.25 bits per heavy atom. The average molecular weight is 450 g/mol. The number of para-hydroxylation sites is 1. The monoisotopic (exact) mass is 449 g/mol. The van der Waals surface area contributed by atoms with Gasteiger partial charge in [0.2, 0.25) is 0 Å². The first kappa shape index (κ1) is 22.8. The highest BCUT2D eigenvalue weighted by molar-refractivity contribution is 7.80. The Labute approximate surface area is 191 Å². The number of benzene rings is 3. The van der Waals surface area contributed by atoms with Crippen molar-refractivity contribution in [2.45, 2.75) is 6.92 Å². The van der Waals surface area contributed by atoms with Crippen LogP contribution in [0.25, 0.3) is 11.1 Å². The first-order chi connectivity index (χ1) is 15.6. The Bertz CT molecular complexity index is 1070. The SMILES string of the molecule is CCOc1ccc(C(=O)NC(=S)NNC(=O)COc2ccccc2-c2ccccc2)cc1. The van der Waals surface area contributed by atoms with E-state index in [0.29, 0.717) is 23.7 Å². The first-order valence-electron chi connectivity index (χ1n) is 9.97. The van der Waals surface area contributed by atoms with Gasteiger partial charge in [0.05, 0.1) is 6.61 Å². The van der Waals surface area contributed by atoms with Crippen molar-refractivity contribution in [3.05, 3.63) is 84.4 Å². The second-order valence-electron chi connectivity index (χ2n) is 6.56. The fourth-order valence-electron chi connectivity index (χ4n) is 2.83. The van der Waals surface area contributed by atoms with Crippen molar-refractivity contribution in [2.24, 2.45) is 0 Å². The lowest BCUT2D eigenvalue weighted by Gasteiger charge is -2.13. The van der Waals surface area contributed by atoms with E-state index in [9.17, 15) is 9.59 Å². The van der Waals surface area contributed by atoms with Crippen molar-refractivity contribution in [1.29, 1.82) is 0 Å². The maximum Gasteiger partial charge on any atom is 0.276 e. The molecule has 0 aliphatic rings. The fraction of sp³-hybridized carbons (Fsp3) is 0.125. The topological polar surface area (TPSA) is 88.7 Å². The third-order valence-electron chi connectivity index (χ3n) is 4.30. The van der Waals surface area contributed by atoms with Crippen molar-refractivity contribution in [3.63, 3.8) is 0 Å². The number of hydrogen-bond donors (Lipinski definition) is 3. The summed E-state index contributed by atoms with van der Waals surface area (Å²) in [6, 6.07) is 23.8. The van der Waals surface area contributed by atoms with Crippen LogP contribution in [0.5, 0.6) is 11.5 Å². The highest BCUT2D eigenvalue weighted by Gasteiger charge is 2.11. The van der Waals surface area contributed by atoms with Gasteiger partial charge in [-0.3, -0.25) is 25.8 Å². The summed E-state index contributed by atoms with van der Waals surface area (Å²) in [4.78, 5) is 24.4. The molecule has 0 saturated heterocycles. The van der Waals surface area contributed by atoms with Crippen LogP contribution in [0.2, 0.25) is 0 Å². The third-order valence-corrected chi connectivity index (χ3v) is 4.50. The molecule has 8 heteroatoms. The van der Waals surface area contributed by atoms with Gasteiger partial charge < -0.3 is 9.47 Å². The van der Waals surface area contributed by atoms with Gasteiger partial charge in [-0.25, -0.2) is 0 Å². The molecular weight excluding hydrogens is 426 g/mol. The summed E-state index contributed by atoms with van der Waals surface area (Å²) >= 11 is 5.06. The van der Waals surface area contributed by atoms with Crippen LogP contribution in [-0.4, -0.2) is 30.1 Å². The van der Waals surface area contributed by atoms with Crippen LogP contribution in [0, 0.1) is 0 Å². The molecular formula is C24H23N3O4S. The average Bonchev–Trinajstić information content (AvgIpc) is 2.83. The Balaban J connectivity index is 1.46. The van der Waals surface area contributed by atoms with Crippen LogP contribution in [0.4, 0.5) is 0 Å². The second-order valence-corrected chi connectivity index (χ2v) is 6.97. The molecule has 32 heavy (non-hydrogen) atoms. The summed E-state index contributed by atoms with van der Waals surface area (Å²) in [6.45, 7) is 2.19. The molecule has 0 bridgehead atoms. The normalized spacial score (nSPS) is 10.0. The Hall–Kier alpha value is -3.91. The maximum absolute atomic E-state index is 12.2. The van der Waals surface area contributed by atoms with Crippen molar-refractivity contribution in [3.8, 4) is 22.6 Å². The zero-order valence-corrected chi connectivity index (χ0v) is 18.3. The molecule has 0 spiro atoms. The minimum absolute atomic E-state index is 0.0399. The van der Waals surface area contributed by atoms with E-state index in [1.165, 1.54) is 0 Å². The number of ether oxygens (including phenoxy) is 2. The molecule has 2 amide bonds. The zero-order chi connectivity index (χ0) is 22.8. The number of hydrazine groups is 1. The minimum atomic E-state index is -0.453. The third kappa shape index (κ3) is 6.55. The molecule has 0 heterocycles. The fourth-order valence-corrected chi connectivity index (χ4v) is 2.97. The van der Waals surface area contributed by atoms with Crippen molar-refractivity contribution >= 4 is 29.1 Å². The van der Waals surface area contributed by atoms with Gasteiger partial charge in [-0.15, -0.1) is 0 Å². The standard InChI is InChI=1S/C24H23N3O4S/c1-2-30-19-14-12-18(13-15-19)23(29)25-24(32)27-26-22(28)16-31-21-11-7-6-10-20(21)17-8-4-3-5-9-17/h3-15H,2,16H2,1H3,(H,26,28)(H2,25,27,29,32). The zero-order valence-electron chi connectivity index (χ0n) is 17.5. The van der Waals surface area contributed by atoms with Crippen molar-refractivity contribution < 1.29 is 19.1 Å². The van der Waals surface area contributed by atoms with Crippen LogP contribution < -0.4 is 25.6 Å². The predicted octanol–water partition coefficient (Wildman–Crippen LogP) is 3.47. The molecule has 0 radical (unpaired) electrons. The van der Waals surface area contributed by atoms with E-state index in [1.54, 1.807) is 30.3 Å². The lowest BCUT2D eigenvalue weighted by Crippen LogP contribution is -2.49. The van der Waals surface area contributed by atoms with Gasteiger partial charge in [0.25, 0.3) is 11.8 Å². The van der Waals surface area contributed by atoms with Crippen molar-refractivity contribution in [2.75, 3.05) is 13.2 Å². The Morgan fingerprint density at radius 2 is 1.53 bits per heavy atom. The number of hydrogen-bond acceptors (Lipinski definition) is 5. The van der Waals surface area contributed by atoms with Gasteiger partial charge >= 0.3 is 0 Å². The summed E-state index contributed by atoms with van der Waals surface area (Å²) in [6.07, 6.45) is 0. The van der Waals surface area contributed by atoms with Crippen molar-refractivity contribution in [1.82, 2.24) is 16.2 Å². The molecule has 3 rings (SSSR count). The second kappa shape index (κ2) is 11.5.